The van der Waals surface area contributed by atoms with E-state index in [1.165, 1.54) is 42.5 Å². The third kappa shape index (κ3) is 3.42. The molecule has 0 fully saturated rings. The number of anilines is 1. The average molecular weight is 301 g/mol. The Labute approximate surface area is 124 Å². The molecule has 1 N–H and O–H groups in total. The zero-order chi connectivity index (χ0) is 16.1. The number of hydrogen-bond acceptors (Lipinski definition) is 6. The van der Waals surface area contributed by atoms with Crippen molar-refractivity contribution in [3.8, 4) is 0 Å². The number of nitro groups is 2. The van der Waals surface area contributed by atoms with Gasteiger partial charge in [-0.25, -0.2) is 0 Å². The predicted octanol–water partition coefficient (Wildman–Crippen LogP) is 2.80. The van der Waals surface area contributed by atoms with Gasteiger partial charge in [0.25, 0.3) is 11.4 Å². The van der Waals surface area contributed by atoms with Crippen LogP contribution in [0, 0.1) is 20.2 Å². The Kier molecular flexibility index (Phi) is 4.42. The van der Waals surface area contributed by atoms with Gasteiger partial charge in [-0.15, -0.1) is 0 Å². The van der Waals surface area contributed by atoms with Gasteiger partial charge in [-0.2, -0.15) is 0 Å². The highest BCUT2D eigenvalue weighted by Crippen LogP contribution is 2.23. The fourth-order valence-corrected chi connectivity index (χ4v) is 1.85. The third-order valence-electron chi connectivity index (χ3n) is 2.92. The summed E-state index contributed by atoms with van der Waals surface area (Å²) in [6, 6.07) is 11.3. The first kappa shape index (κ1) is 15.1. The summed E-state index contributed by atoms with van der Waals surface area (Å²) in [5.41, 5.74) is 0.0532. The minimum Gasteiger partial charge on any atom is -0.372 e. The van der Waals surface area contributed by atoms with Crippen LogP contribution >= 0.6 is 0 Å². The second kappa shape index (κ2) is 6.44. The number of hydrogen-bond donors (Lipinski definition) is 1. The number of nitrogens with zero attached hydrogens (tertiary/aromatic N) is 2. The molecule has 0 aliphatic rings. The molecule has 0 amide bonds. The quantitative estimate of drug-likeness (QED) is 0.498. The minimum atomic E-state index is -0.591. The largest absolute Gasteiger partial charge is 0.372 e. The molecule has 2 aromatic carbocycles. The highest BCUT2D eigenvalue weighted by Gasteiger charge is 2.15. The van der Waals surface area contributed by atoms with Crippen molar-refractivity contribution in [2.24, 2.45) is 0 Å². The van der Waals surface area contributed by atoms with E-state index in [4.69, 9.17) is 0 Å². The van der Waals surface area contributed by atoms with Gasteiger partial charge in [-0.05, 0) is 6.07 Å². The van der Waals surface area contributed by atoms with Crippen LogP contribution < -0.4 is 5.32 Å². The molecule has 8 heteroatoms. The lowest BCUT2D eigenvalue weighted by molar-refractivity contribution is -0.384. The first-order chi connectivity index (χ1) is 10.5. The van der Waals surface area contributed by atoms with Gasteiger partial charge >= 0.3 is 0 Å². The van der Waals surface area contributed by atoms with Gasteiger partial charge < -0.3 is 5.32 Å². The molecule has 0 bridgehead atoms. The van der Waals surface area contributed by atoms with Crippen molar-refractivity contribution in [1.29, 1.82) is 0 Å². The van der Waals surface area contributed by atoms with E-state index < -0.39 is 15.6 Å². The van der Waals surface area contributed by atoms with Crippen LogP contribution in [0.1, 0.15) is 10.4 Å². The topological polar surface area (TPSA) is 115 Å². The number of benzene rings is 2. The summed E-state index contributed by atoms with van der Waals surface area (Å²) in [5.74, 6) is -0.401. The number of nitrogens with one attached hydrogen (secondary N) is 1. The summed E-state index contributed by atoms with van der Waals surface area (Å²) in [6.07, 6.45) is 0. The van der Waals surface area contributed by atoms with E-state index in [1.54, 1.807) is 6.07 Å². The molecule has 0 saturated heterocycles. The number of rotatable bonds is 6. The maximum Gasteiger partial charge on any atom is 0.292 e. The number of non-ortho nitro benzene ring substituents is 1. The standard InChI is InChI=1S/C14H11N3O5/c18-14(10-4-3-5-11(8-10)16(19)20)9-15-12-6-1-2-7-13(12)17(21)22/h1-8,15H,9H2. The minimum absolute atomic E-state index is 0.144. The maximum atomic E-state index is 12.0. The highest BCUT2D eigenvalue weighted by atomic mass is 16.6. The summed E-state index contributed by atoms with van der Waals surface area (Å²) in [7, 11) is 0. The number of ketones is 1. The molecule has 22 heavy (non-hydrogen) atoms. The first-order valence-corrected chi connectivity index (χ1v) is 6.24. The second-order valence-corrected chi connectivity index (χ2v) is 4.36. The molecule has 0 aromatic heterocycles. The van der Waals surface area contributed by atoms with Crippen molar-refractivity contribution in [2.75, 3.05) is 11.9 Å². The fraction of sp³-hybridized carbons (Fsp3) is 0.0714. The Hall–Kier alpha value is -3.29. The Balaban J connectivity index is 2.12. The van der Waals surface area contributed by atoms with Gasteiger partial charge in [0.2, 0.25) is 0 Å². The van der Waals surface area contributed by atoms with Crippen molar-refractivity contribution >= 4 is 22.8 Å². The fourth-order valence-electron chi connectivity index (χ4n) is 1.85. The maximum absolute atomic E-state index is 12.0. The van der Waals surface area contributed by atoms with Crippen molar-refractivity contribution in [1.82, 2.24) is 0 Å². The molecule has 0 atom stereocenters. The lowest BCUT2D eigenvalue weighted by Gasteiger charge is -2.06. The van der Waals surface area contributed by atoms with Gasteiger partial charge in [0.1, 0.15) is 5.69 Å². The SMILES string of the molecule is O=C(CNc1ccccc1[N+](=O)[O-])c1cccc([N+](=O)[O-])c1. The van der Waals surface area contributed by atoms with Gasteiger partial charge in [0.05, 0.1) is 16.4 Å². The van der Waals surface area contributed by atoms with E-state index in [9.17, 15) is 25.0 Å². The average Bonchev–Trinajstić information content (AvgIpc) is 2.52. The van der Waals surface area contributed by atoms with Crippen LogP contribution in [0.2, 0.25) is 0 Å². The second-order valence-electron chi connectivity index (χ2n) is 4.36. The number of Topliss-reactive ketones (excluding diaryl/α,β-unsaturated/α-hetero) is 1. The van der Waals surface area contributed by atoms with E-state index in [0.717, 1.165) is 0 Å². The van der Waals surface area contributed by atoms with Gasteiger partial charge in [-0.1, -0.05) is 24.3 Å². The smallest absolute Gasteiger partial charge is 0.292 e. The Morgan fingerprint density at radius 3 is 2.41 bits per heavy atom. The van der Waals surface area contributed by atoms with Gasteiger partial charge in [0.15, 0.2) is 5.78 Å². The molecule has 112 valence electrons. The van der Waals surface area contributed by atoms with Crippen molar-refractivity contribution in [3.05, 3.63) is 74.3 Å². The first-order valence-electron chi connectivity index (χ1n) is 6.24. The zero-order valence-corrected chi connectivity index (χ0v) is 11.3. The molecule has 0 spiro atoms. The van der Waals surface area contributed by atoms with Crippen LogP contribution in [-0.2, 0) is 0 Å². The summed E-state index contributed by atoms with van der Waals surface area (Å²) in [4.78, 5) is 32.4. The monoisotopic (exact) mass is 301 g/mol. The normalized spacial score (nSPS) is 10.0. The molecular formula is C14H11N3O5. The van der Waals surface area contributed by atoms with E-state index >= 15 is 0 Å². The lowest BCUT2D eigenvalue weighted by atomic mass is 10.1. The molecule has 0 aliphatic carbocycles. The number of carbonyl (C=O) groups excluding carboxylic acids is 1. The summed E-state index contributed by atoms with van der Waals surface area (Å²) in [5, 5.41) is 24.2. The molecular weight excluding hydrogens is 290 g/mol. The summed E-state index contributed by atoms with van der Waals surface area (Å²) < 4.78 is 0. The summed E-state index contributed by atoms with van der Waals surface area (Å²) in [6.45, 7) is -0.202. The summed E-state index contributed by atoms with van der Waals surface area (Å²) >= 11 is 0. The molecule has 0 heterocycles. The Morgan fingerprint density at radius 1 is 1.00 bits per heavy atom. The highest BCUT2D eigenvalue weighted by molar-refractivity contribution is 5.99. The van der Waals surface area contributed by atoms with E-state index in [0.29, 0.717) is 0 Å². The Morgan fingerprint density at radius 2 is 1.73 bits per heavy atom. The van der Waals surface area contributed by atoms with Crippen LogP contribution in [0.15, 0.2) is 48.5 Å². The van der Waals surface area contributed by atoms with Crippen LogP contribution in [0.3, 0.4) is 0 Å². The molecule has 0 saturated carbocycles. The number of carbonyl (C=O) groups is 1. The predicted molar refractivity (Wildman–Crippen MR) is 79.0 cm³/mol. The zero-order valence-electron chi connectivity index (χ0n) is 11.3. The molecule has 8 nitrogen and oxygen atoms in total. The van der Waals surface area contributed by atoms with Crippen LogP contribution in [0.5, 0.6) is 0 Å². The van der Waals surface area contributed by atoms with Crippen LogP contribution in [0.25, 0.3) is 0 Å². The van der Waals surface area contributed by atoms with Gasteiger partial charge in [-0.3, -0.25) is 25.0 Å². The third-order valence-corrected chi connectivity index (χ3v) is 2.92. The molecule has 2 rings (SSSR count). The van der Waals surface area contributed by atoms with Crippen molar-refractivity contribution in [2.45, 2.75) is 0 Å². The lowest BCUT2D eigenvalue weighted by Crippen LogP contribution is -2.15. The van der Waals surface area contributed by atoms with E-state index in [-0.39, 0.29) is 29.2 Å². The molecule has 0 unspecified atom stereocenters. The van der Waals surface area contributed by atoms with Gasteiger partial charge in [0, 0.05) is 23.8 Å². The number of para-hydroxylation sites is 2. The number of nitro benzene ring substituents is 2. The van der Waals surface area contributed by atoms with Crippen LogP contribution in [-0.4, -0.2) is 22.2 Å². The van der Waals surface area contributed by atoms with Crippen molar-refractivity contribution < 1.29 is 14.6 Å². The van der Waals surface area contributed by atoms with Crippen molar-refractivity contribution in [3.63, 3.8) is 0 Å². The Bertz CT molecular complexity index is 745. The van der Waals surface area contributed by atoms with E-state index in [2.05, 4.69) is 5.32 Å². The molecule has 2 aromatic rings. The van der Waals surface area contributed by atoms with E-state index in [1.807, 2.05) is 0 Å². The molecule has 0 radical (unpaired) electrons. The van der Waals surface area contributed by atoms with Crippen LogP contribution in [0.4, 0.5) is 17.1 Å². The molecule has 0 aliphatic heterocycles.